The zero-order valence-corrected chi connectivity index (χ0v) is 18.3. The Hall–Kier alpha value is -2.67. The number of hydrogen-bond acceptors (Lipinski definition) is 5. The number of thioether (sulfide) groups is 2. The topological polar surface area (TPSA) is 35.9 Å². The van der Waals surface area contributed by atoms with Crippen molar-refractivity contribution in [1.29, 1.82) is 0 Å². The molecule has 7 heteroatoms. The van der Waals surface area contributed by atoms with E-state index >= 15 is 0 Å². The number of anilines is 2. The molecule has 0 bridgehead atoms. The number of benzene rings is 3. The standard InChI is InChI=1S/C23H16ClN3OS2/c1-26-18-14-15(24)12-13-19(18)29-22(26)20-21(28)27(17-10-6-3-7-11-17)23(30-20)25-16-8-4-2-5-9-16/h2-14H,1H3/b22-20+,25-23?. The first-order chi connectivity index (χ1) is 14.6. The summed E-state index contributed by atoms with van der Waals surface area (Å²) in [7, 11) is 1.96. The predicted octanol–water partition coefficient (Wildman–Crippen LogP) is 6.52. The van der Waals surface area contributed by atoms with Gasteiger partial charge in [0.15, 0.2) is 5.17 Å². The van der Waals surface area contributed by atoms with Gasteiger partial charge in [-0.25, -0.2) is 4.99 Å². The van der Waals surface area contributed by atoms with Crippen molar-refractivity contribution in [2.45, 2.75) is 4.90 Å². The zero-order chi connectivity index (χ0) is 20.7. The van der Waals surface area contributed by atoms with Crippen molar-refractivity contribution in [3.63, 3.8) is 0 Å². The van der Waals surface area contributed by atoms with Gasteiger partial charge in [-0.15, -0.1) is 0 Å². The summed E-state index contributed by atoms with van der Waals surface area (Å²) in [5, 5.41) is 2.21. The van der Waals surface area contributed by atoms with E-state index in [-0.39, 0.29) is 5.91 Å². The Kier molecular flexibility index (Phi) is 5.06. The monoisotopic (exact) mass is 449 g/mol. The molecular formula is C23H16ClN3OS2. The van der Waals surface area contributed by atoms with Crippen molar-refractivity contribution < 1.29 is 4.79 Å². The van der Waals surface area contributed by atoms with Crippen LogP contribution >= 0.6 is 35.1 Å². The van der Waals surface area contributed by atoms with Gasteiger partial charge < -0.3 is 4.90 Å². The molecule has 0 atom stereocenters. The maximum Gasteiger partial charge on any atom is 0.274 e. The van der Waals surface area contributed by atoms with Crippen LogP contribution in [0.25, 0.3) is 0 Å². The van der Waals surface area contributed by atoms with Crippen molar-refractivity contribution in [3.8, 4) is 0 Å². The number of rotatable bonds is 2. The Morgan fingerprint density at radius 2 is 1.60 bits per heavy atom. The fourth-order valence-electron chi connectivity index (χ4n) is 3.31. The molecule has 2 heterocycles. The number of hydrogen-bond donors (Lipinski definition) is 0. The molecule has 148 valence electrons. The molecule has 0 aromatic heterocycles. The van der Waals surface area contributed by atoms with E-state index in [4.69, 9.17) is 16.6 Å². The van der Waals surface area contributed by atoms with Crippen LogP contribution in [-0.4, -0.2) is 18.1 Å². The summed E-state index contributed by atoms with van der Waals surface area (Å²) in [4.78, 5) is 23.8. The van der Waals surface area contributed by atoms with E-state index in [2.05, 4.69) is 0 Å². The van der Waals surface area contributed by atoms with Crippen molar-refractivity contribution in [1.82, 2.24) is 0 Å². The number of carbonyl (C=O) groups is 1. The van der Waals surface area contributed by atoms with E-state index in [1.807, 2.05) is 90.8 Å². The summed E-state index contributed by atoms with van der Waals surface area (Å²) < 4.78 is 0. The van der Waals surface area contributed by atoms with Gasteiger partial charge in [-0.3, -0.25) is 9.69 Å². The predicted molar refractivity (Wildman–Crippen MR) is 128 cm³/mol. The SMILES string of the molecule is CN1/C(=C2\SC(=Nc3ccccc3)N(c3ccccc3)C2=O)Sc2ccc(Cl)cc21. The van der Waals surface area contributed by atoms with Crippen molar-refractivity contribution in [2.24, 2.45) is 4.99 Å². The van der Waals surface area contributed by atoms with Gasteiger partial charge in [-0.2, -0.15) is 0 Å². The first-order valence-corrected chi connectivity index (χ1v) is 11.3. The molecule has 0 spiro atoms. The van der Waals surface area contributed by atoms with E-state index in [1.165, 1.54) is 11.8 Å². The fraction of sp³-hybridized carbons (Fsp3) is 0.0435. The highest BCUT2D eigenvalue weighted by atomic mass is 35.5. The van der Waals surface area contributed by atoms with Gasteiger partial charge in [0.05, 0.1) is 22.1 Å². The number of halogens is 1. The van der Waals surface area contributed by atoms with E-state index in [1.54, 1.807) is 16.7 Å². The summed E-state index contributed by atoms with van der Waals surface area (Å²) >= 11 is 9.18. The molecular weight excluding hydrogens is 434 g/mol. The fourth-order valence-corrected chi connectivity index (χ4v) is 5.81. The molecule has 3 aromatic carbocycles. The minimum Gasteiger partial charge on any atom is -0.337 e. The molecule has 2 aliphatic heterocycles. The summed E-state index contributed by atoms with van der Waals surface area (Å²) in [5.74, 6) is -0.0749. The van der Waals surface area contributed by atoms with Crippen molar-refractivity contribution >= 4 is 63.3 Å². The molecule has 0 aliphatic carbocycles. The zero-order valence-electron chi connectivity index (χ0n) is 15.9. The first-order valence-electron chi connectivity index (χ1n) is 9.28. The molecule has 1 amide bonds. The number of aliphatic imine (C=N–C) groups is 1. The molecule has 2 aliphatic rings. The second kappa shape index (κ2) is 7.87. The van der Waals surface area contributed by atoms with Crippen LogP contribution in [0.3, 0.4) is 0 Å². The molecule has 0 unspecified atom stereocenters. The molecule has 5 rings (SSSR count). The third-order valence-corrected chi connectivity index (χ3v) is 7.39. The summed E-state index contributed by atoms with van der Waals surface area (Å²) in [6, 6.07) is 25.1. The highest BCUT2D eigenvalue weighted by Gasteiger charge is 2.40. The Morgan fingerprint density at radius 3 is 2.33 bits per heavy atom. The molecule has 3 aromatic rings. The molecule has 0 N–H and O–H groups in total. The van der Waals surface area contributed by atoms with Gasteiger partial charge >= 0.3 is 0 Å². The maximum atomic E-state index is 13.6. The van der Waals surface area contributed by atoms with Crippen molar-refractivity contribution in [3.05, 3.63) is 93.8 Å². The van der Waals surface area contributed by atoms with E-state index in [0.717, 1.165) is 27.0 Å². The number of amides is 1. The van der Waals surface area contributed by atoms with Crippen LogP contribution in [0.2, 0.25) is 5.02 Å². The van der Waals surface area contributed by atoms with Gasteiger partial charge in [-0.05, 0) is 54.2 Å². The second-order valence-electron chi connectivity index (χ2n) is 6.72. The molecule has 30 heavy (non-hydrogen) atoms. The number of carbonyl (C=O) groups excluding carboxylic acids is 1. The van der Waals surface area contributed by atoms with Crippen LogP contribution in [0.1, 0.15) is 0 Å². The molecule has 1 saturated heterocycles. The minimum atomic E-state index is -0.0749. The first kappa shape index (κ1) is 19.3. The lowest BCUT2D eigenvalue weighted by molar-refractivity contribution is -0.113. The number of nitrogens with zero attached hydrogens (tertiary/aromatic N) is 3. The highest BCUT2D eigenvalue weighted by Crippen LogP contribution is 2.51. The Bertz CT molecular complexity index is 1200. The summed E-state index contributed by atoms with van der Waals surface area (Å²) in [6.45, 7) is 0. The lowest BCUT2D eigenvalue weighted by atomic mass is 10.3. The lowest BCUT2D eigenvalue weighted by Crippen LogP contribution is -2.29. The average molecular weight is 450 g/mol. The molecule has 4 nitrogen and oxygen atoms in total. The van der Waals surface area contributed by atoms with Crippen LogP contribution in [0.15, 0.2) is 98.7 Å². The summed E-state index contributed by atoms with van der Waals surface area (Å²) in [5.41, 5.74) is 2.61. The Balaban J connectivity index is 1.61. The second-order valence-corrected chi connectivity index (χ2v) is 9.16. The van der Waals surface area contributed by atoms with E-state index in [0.29, 0.717) is 15.1 Å². The van der Waals surface area contributed by atoms with Gasteiger partial charge in [-0.1, -0.05) is 59.8 Å². The molecule has 1 fully saturated rings. The van der Waals surface area contributed by atoms with Crippen LogP contribution in [0.5, 0.6) is 0 Å². The van der Waals surface area contributed by atoms with Crippen LogP contribution in [-0.2, 0) is 4.79 Å². The average Bonchev–Trinajstić information content (AvgIpc) is 3.26. The van der Waals surface area contributed by atoms with Crippen LogP contribution < -0.4 is 9.80 Å². The van der Waals surface area contributed by atoms with Gasteiger partial charge in [0.25, 0.3) is 5.91 Å². The largest absolute Gasteiger partial charge is 0.337 e. The summed E-state index contributed by atoms with van der Waals surface area (Å²) in [6.07, 6.45) is 0. The minimum absolute atomic E-state index is 0.0749. The highest BCUT2D eigenvalue weighted by molar-refractivity contribution is 8.20. The quantitative estimate of drug-likeness (QED) is 0.417. The molecule has 0 saturated carbocycles. The van der Waals surface area contributed by atoms with Gasteiger partial charge in [0, 0.05) is 17.0 Å². The normalized spacial score (nSPS) is 19.7. The van der Waals surface area contributed by atoms with E-state index in [9.17, 15) is 4.79 Å². The Morgan fingerprint density at radius 1 is 0.900 bits per heavy atom. The third kappa shape index (κ3) is 3.41. The smallest absolute Gasteiger partial charge is 0.274 e. The molecule has 0 radical (unpaired) electrons. The lowest BCUT2D eigenvalue weighted by Gasteiger charge is -2.16. The van der Waals surface area contributed by atoms with Gasteiger partial charge in [0.1, 0.15) is 4.91 Å². The van der Waals surface area contributed by atoms with Crippen LogP contribution in [0.4, 0.5) is 17.1 Å². The van der Waals surface area contributed by atoms with E-state index < -0.39 is 0 Å². The van der Waals surface area contributed by atoms with Crippen molar-refractivity contribution in [2.75, 3.05) is 16.8 Å². The number of amidine groups is 1. The Labute approximate surface area is 188 Å². The van der Waals surface area contributed by atoms with Gasteiger partial charge in [0.2, 0.25) is 0 Å². The third-order valence-electron chi connectivity index (χ3n) is 4.77. The maximum absolute atomic E-state index is 13.6. The number of fused-ring (bicyclic) bond motifs is 1. The van der Waals surface area contributed by atoms with Crippen LogP contribution in [0, 0.1) is 0 Å². The number of para-hydroxylation sites is 2.